The van der Waals surface area contributed by atoms with Crippen LogP contribution in [-0.4, -0.2) is 33.8 Å². The smallest absolute Gasteiger partial charge is 0.135 e. The summed E-state index contributed by atoms with van der Waals surface area (Å²) in [6.45, 7) is 8.94. The SMILES string of the molecule is CCCc1c(NCC)ncnc1NC(C)(C)CO. The standard InChI is InChI=1S/C13H24N4O/c1-5-7-10-11(14-6-2)15-9-16-12(10)17-13(3,4)8-18/h9,18H,5-8H2,1-4H3,(H2,14,15,16,17). The van der Waals surface area contributed by atoms with Gasteiger partial charge in [0.25, 0.3) is 0 Å². The summed E-state index contributed by atoms with van der Waals surface area (Å²) >= 11 is 0. The third-order valence-electron chi connectivity index (χ3n) is 2.64. The molecule has 0 aliphatic rings. The summed E-state index contributed by atoms with van der Waals surface area (Å²) in [5, 5.41) is 15.9. The van der Waals surface area contributed by atoms with Gasteiger partial charge in [0.1, 0.15) is 18.0 Å². The zero-order valence-corrected chi connectivity index (χ0v) is 11.7. The van der Waals surface area contributed by atoms with E-state index in [4.69, 9.17) is 0 Å². The van der Waals surface area contributed by atoms with Gasteiger partial charge in [-0.2, -0.15) is 0 Å². The number of hydrogen-bond acceptors (Lipinski definition) is 5. The average molecular weight is 252 g/mol. The van der Waals surface area contributed by atoms with E-state index in [0.29, 0.717) is 0 Å². The van der Waals surface area contributed by atoms with Gasteiger partial charge in [-0.3, -0.25) is 0 Å². The lowest BCUT2D eigenvalue weighted by molar-refractivity contribution is 0.233. The van der Waals surface area contributed by atoms with Gasteiger partial charge in [0, 0.05) is 12.1 Å². The van der Waals surface area contributed by atoms with Crippen molar-refractivity contribution in [2.24, 2.45) is 0 Å². The molecule has 5 nitrogen and oxygen atoms in total. The van der Waals surface area contributed by atoms with Crippen LogP contribution in [0, 0.1) is 0 Å². The third kappa shape index (κ3) is 3.84. The van der Waals surface area contributed by atoms with Gasteiger partial charge in [0.05, 0.1) is 12.1 Å². The first-order valence-electron chi connectivity index (χ1n) is 6.50. The van der Waals surface area contributed by atoms with Gasteiger partial charge in [-0.25, -0.2) is 9.97 Å². The van der Waals surface area contributed by atoms with Crippen LogP contribution in [0.3, 0.4) is 0 Å². The highest BCUT2D eigenvalue weighted by Gasteiger charge is 2.19. The summed E-state index contributed by atoms with van der Waals surface area (Å²) in [6.07, 6.45) is 3.49. The molecule has 1 rings (SSSR count). The Morgan fingerprint density at radius 1 is 1.22 bits per heavy atom. The second-order valence-corrected chi connectivity index (χ2v) is 5.00. The van der Waals surface area contributed by atoms with Crippen molar-refractivity contribution in [3.05, 3.63) is 11.9 Å². The van der Waals surface area contributed by atoms with Crippen molar-refractivity contribution < 1.29 is 5.11 Å². The summed E-state index contributed by atoms with van der Waals surface area (Å²) < 4.78 is 0. The Morgan fingerprint density at radius 3 is 2.44 bits per heavy atom. The first-order chi connectivity index (χ1) is 8.54. The molecule has 0 aliphatic heterocycles. The fourth-order valence-corrected chi connectivity index (χ4v) is 1.69. The Morgan fingerprint density at radius 2 is 1.89 bits per heavy atom. The van der Waals surface area contributed by atoms with Gasteiger partial charge in [-0.1, -0.05) is 13.3 Å². The number of nitrogens with one attached hydrogen (secondary N) is 2. The van der Waals surface area contributed by atoms with Gasteiger partial charge < -0.3 is 15.7 Å². The lowest BCUT2D eigenvalue weighted by Crippen LogP contribution is -2.36. The topological polar surface area (TPSA) is 70.1 Å². The Labute approximate surface area is 109 Å². The molecule has 0 amide bonds. The van der Waals surface area contributed by atoms with Crippen LogP contribution in [0.1, 0.15) is 39.7 Å². The van der Waals surface area contributed by atoms with Gasteiger partial charge >= 0.3 is 0 Å². The molecule has 3 N–H and O–H groups in total. The quantitative estimate of drug-likeness (QED) is 0.693. The van der Waals surface area contributed by atoms with Crippen molar-refractivity contribution in [1.82, 2.24) is 9.97 Å². The molecule has 1 heterocycles. The minimum absolute atomic E-state index is 0.0547. The van der Waals surface area contributed by atoms with E-state index in [0.717, 1.165) is 36.6 Å². The van der Waals surface area contributed by atoms with Crippen molar-refractivity contribution in [2.75, 3.05) is 23.8 Å². The molecule has 0 aliphatic carbocycles. The first-order valence-corrected chi connectivity index (χ1v) is 6.50. The summed E-state index contributed by atoms with van der Waals surface area (Å²) in [5.74, 6) is 1.69. The number of nitrogens with zero attached hydrogens (tertiary/aromatic N) is 2. The van der Waals surface area contributed by atoms with Gasteiger partial charge in [0.2, 0.25) is 0 Å². The molecule has 0 radical (unpaired) electrons. The maximum atomic E-state index is 9.33. The third-order valence-corrected chi connectivity index (χ3v) is 2.64. The normalized spacial score (nSPS) is 11.4. The highest BCUT2D eigenvalue weighted by atomic mass is 16.3. The zero-order valence-electron chi connectivity index (χ0n) is 11.7. The Kier molecular flexibility index (Phi) is 5.34. The predicted octanol–water partition coefficient (Wildman–Crippen LogP) is 2.04. The van der Waals surface area contributed by atoms with E-state index in [1.54, 1.807) is 6.33 Å². The molecule has 0 saturated carbocycles. The van der Waals surface area contributed by atoms with E-state index in [-0.39, 0.29) is 12.1 Å². The molecule has 0 atom stereocenters. The van der Waals surface area contributed by atoms with Crippen molar-refractivity contribution in [2.45, 2.75) is 46.1 Å². The second-order valence-electron chi connectivity index (χ2n) is 5.00. The lowest BCUT2D eigenvalue weighted by Gasteiger charge is -2.26. The van der Waals surface area contributed by atoms with Crippen LogP contribution >= 0.6 is 0 Å². The number of aromatic nitrogens is 2. The predicted molar refractivity (Wildman–Crippen MR) is 75.0 cm³/mol. The van der Waals surface area contributed by atoms with E-state index >= 15 is 0 Å². The summed E-state index contributed by atoms with van der Waals surface area (Å²) in [4.78, 5) is 8.58. The van der Waals surface area contributed by atoms with E-state index in [2.05, 4.69) is 27.5 Å². The summed E-state index contributed by atoms with van der Waals surface area (Å²) in [7, 11) is 0. The zero-order chi connectivity index (χ0) is 13.6. The first kappa shape index (κ1) is 14.7. The highest BCUT2D eigenvalue weighted by Crippen LogP contribution is 2.24. The number of anilines is 2. The van der Waals surface area contributed by atoms with E-state index in [1.807, 2.05) is 20.8 Å². The largest absolute Gasteiger partial charge is 0.394 e. The molecule has 5 heteroatoms. The van der Waals surface area contributed by atoms with Crippen LogP contribution in [0.2, 0.25) is 0 Å². The molecule has 0 bridgehead atoms. The van der Waals surface area contributed by atoms with E-state index in [1.165, 1.54) is 0 Å². The van der Waals surface area contributed by atoms with Crippen LogP contribution in [0.25, 0.3) is 0 Å². The molecule has 18 heavy (non-hydrogen) atoms. The Hall–Kier alpha value is -1.36. The molecule has 1 aromatic rings. The van der Waals surface area contributed by atoms with Crippen molar-refractivity contribution >= 4 is 11.6 Å². The van der Waals surface area contributed by atoms with E-state index in [9.17, 15) is 5.11 Å². The molecule has 0 saturated heterocycles. The van der Waals surface area contributed by atoms with Gasteiger partial charge in [0.15, 0.2) is 0 Å². The Bertz CT molecular complexity index is 379. The molecule has 1 aromatic heterocycles. The average Bonchev–Trinajstić information content (AvgIpc) is 2.33. The van der Waals surface area contributed by atoms with Crippen molar-refractivity contribution in [3.8, 4) is 0 Å². The fourth-order valence-electron chi connectivity index (χ4n) is 1.69. The number of aliphatic hydroxyl groups is 1. The van der Waals surface area contributed by atoms with Crippen LogP contribution in [0.5, 0.6) is 0 Å². The monoisotopic (exact) mass is 252 g/mol. The number of aliphatic hydroxyl groups excluding tert-OH is 1. The maximum absolute atomic E-state index is 9.33. The van der Waals surface area contributed by atoms with E-state index < -0.39 is 0 Å². The number of rotatable bonds is 7. The maximum Gasteiger partial charge on any atom is 0.135 e. The van der Waals surface area contributed by atoms with Crippen LogP contribution in [0.4, 0.5) is 11.6 Å². The molecular weight excluding hydrogens is 228 g/mol. The Balaban J connectivity index is 3.05. The van der Waals surface area contributed by atoms with Crippen LogP contribution < -0.4 is 10.6 Å². The van der Waals surface area contributed by atoms with Gasteiger partial charge in [-0.15, -0.1) is 0 Å². The molecular formula is C13H24N4O. The highest BCUT2D eigenvalue weighted by molar-refractivity contribution is 5.58. The number of hydrogen-bond donors (Lipinski definition) is 3. The summed E-state index contributed by atoms with van der Waals surface area (Å²) in [5.41, 5.74) is 0.698. The van der Waals surface area contributed by atoms with Crippen LogP contribution in [-0.2, 0) is 6.42 Å². The fraction of sp³-hybridized carbons (Fsp3) is 0.692. The van der Waals surface area contributed by atoms with Gasteiger partial charge in [-0.05, 0) is 27.2 Å². The molecule has 0 spiro atoms. The molecule has 0 unspecified atom stereocenters. The van der Waals surface area contributed by atoms with Crippen molar-refractivity contribution in [3.63, 3.8) is 0 Å². The minimum atomic E-state index is -0.389. The molecule has 0 aromatic carbocycles. The minimum Gasteiger partial charge on any atom is -0.394 e. The van der Waals surface area contributed by atoms with Crippen molar-refractivity contribution in [1.29, 1.82) is 0 Å². The van der Waals surface area contributed by atoms with Crippen LogP contribution in [0.15, 0.2) is 6.33 Å². The lowest BCUT2D eigenvalue weighted by atomic mass is 10.1. The second kappa shape index (κ2) is 6.54. The summed E-state index contributed by atoms with van der Waals surface area (Å²) in [6, 6.07) is 0. The molecule has 0 fully saturated rings. The molecule has 102 valence electrons.